The molecule has 11 heavy (non-hydrogen) atoms. The van der Waals surface area contributed by atoms with Gasteiger partial charge in [-0.15, -0.1) is 34.8 Å². The van der Waals surface area contributed by atoms with Crippen molar-refractivity contribution in [3.8, 4) is 0 Å². The van der Waals surface area contributed by atoms with E-state index in [1.54, 1.807) is 6.92 Å². The average Bonchev–Trinajstić information content (AvgIpc) is 2.29. The van der Waals surface area contributed by atoms with Gasteiger partial charge < -0.3 is 0 Å². The second-order valence-electron chi connectivity index (χ2n) is 2.91. The van der Waals surface area contributed by atoms with Gasteiger partial charge in [-0.3, -0.25) is 4.79 Å². The molecule has 1 rings (SSSR count). The third-order valence-corrected chi connectivity index (χ3v) is 4.26. The summed E-state index contributed by atoms with van der Waals surface area (Å²) in [6.45, 7) is 1.74. The summed E-state index contributed by atoms with van der Waals surface area (Å²) >= 11 is 22.4. The van der Waals surface area contributed by atoms with Gasteiger partial charge in [-0.25, -0.2) is 0 Å². The third kappa shape index (κ3) is 1.17. The van der Waals surface area contributed by atoms with Crippen molar-refractivity contribution in [1.29, 1.82) is 0 Å². The van der Waals surface area contributed by atoms with E-state index in [9.17, 15) is 4.79 Å². The number of hydrogen-bond donors (Lipinski definition) is 0. The minimum absolute atomic E-state index is 0.239. The highest BCUT2D eigenvalue weighted by molar-refractivity contribution is 6.68. The standard InChI is InChI=1S/C6H6Cl4O/c1-5(2-7)3(4(8)11)6(5,9)10/h3H,2H2,1H3/t3-,5-/m1/s1. The van der Waals surface area contributed by atoms with Crippen molar-refractivity contribution in [3.05, 3.63) is 0 Å². The first kappa shape index (κ1) is 9.91. The molecule has 1 aliphatic carbocycles. The lowest BCUT2D eigenvalue weighted by molar-refractivity contribution is -0.113. The van der Waals surface area contributed by atoms with Crippen molar-refractivity contribution < 1.29 is 4.79 Å². The van der Waals surface area contributed by atoms with E-state index in [0.29, 0.717) is 0 Å². The third-order valence-electron chi connectivity index (χ3n) is 2.18. The second kappa shape index (κ2) is 2.66. The van der Waals surface area contributed by atoms with Crippen LogP contribution in [0.1, 0.15) is 6.92 Å². The Balaban J connectivity index is 2.83. The molecule has 0 aromatic rings. The molecule has 0 heterocycles. The Labute approximate surface area is 84.9 Å². The molecule has 2 atom stereocenters. The number of alkyl halides is 3. The lowest BCUT2D eigenvalue weighted by Crippen LogP contribution is -2.06. The van der Waals surface area contributed by atoms with E-state index in [0.717, 1.165) is 0 Å². The molecule has 0 radical (unpaired) electrons. The zero-order chi connectivity index (χ0) is 8.86. The highest BCUT2D eigenvalue weighted by Gasteiger charge is 2.75. The Morgan fingerprint density at radius 2 is 2.00 bits per heavy atom. The molecule has 1 saturated carbocycles. The summed E-state index contributed by atoms with van der Waals surface area (Å²) in [6, 6.07) is 0. The van der Waals surface area contributed by atoms with E-state index in [1.165, 1.54) is 0 Å². The molecule has 0 aromatic heterocycles. The van der Waals surface area contributed by atoms with Gasteiger partial charge in [-0.2, -0.15) is 0 Å². The molecule has 0 aromatic carbocycles. The van der Waals surface area contributed by atoms with Gasteiger partial charge in [0.2, 0.25) is 5.24 Å². The lowest BCUT2D eigenvalue weighted by atomic mass is 10.1. The molecule has 1 fully saturated rings. The van der Waals surface area contributed by atoms with Gasteiger partial charge in [0.1, 0.15) is 4.33 Å². The summed E-state index contributed by atoms with van der Waals surface area (Å²) in [5.41, 5.74) is -0.559. The summed E-state index contributed by atoms with van der Waals surface area (Å²) in [7, 11) is 0. The van der Waals surface area contributed by atoms with Crippen molar-refractivity contribution in [2.45, 2.75) is 11.3 Å². The van der Waals surface area contributed by atoms with Crippen LogP contribution in [0, 0.1) is 11.3 Å². The van der Waals surface area contributed by atoms with Crippen LogP contribution < -0.4 is 0 Å². The highest BCUT2D eigenvalue weighted by atomic mass is 35.5. The quantitative estimate of drug-likeness (QED) is 0.532. The molecule has 0 saturated heterocycles. The fraction of sp³-hybridized carbons (Fsp3) is 0.833. The molecule has 0 aliphatic heterocycles. The van der Waals surface area contributed by atoms with Crippen LogP contribution >= 0.6 is 46.4 Å². The summed E-state index contributed by atoms with van der Waals surface area (Å²) in [6.07, 6.45) is 0. The normalized spacial score (nSPS) is 40.3. The minimum Gasteiger partial charge on any atom is -0.281 e. The second-order valence-corrected chi connectivity index (χ2v) is 4.94. The van der Waals surface area contributed by atoms with Gasteiger partial charge in [0.15, 0.2) is 0 Å². The number of carbonyl (C=O) groups is 1. The molecular weight excluding hydrogens is 230 g/mol. The Morgan fingerprint density at radius 3 is 2.09 bits per heavy atom. The van der Waals surface area contributed by atoms with Gasteiger partial charge in [0.25, 0.3) is 0 Å². The first-order valence-electron chi connectivity index (χ1n) is 3.01. The summed E-state index contributed by atoms with van der Waals surface area (Å²) in [5, 5.41) is -0.516. The van der Waals surface area contributed by atoms with E-state index < -0.39 is 20.9 Å². The van der Waals surface area contributed by atoms with E-state index >= 15 is 0 Å². The van der Waals surface area contributed by atoms with Crippen LogP contribution in [0.2, 0.25) is 0 Å². The van der Waals surface area contributed by atoms with Crippen molar-refractivity contribution in [2.75, 3.05) is 5.88 Å². The number of halogens is 4. The van der Waals surface area contributed by atoms with E-state index in [2.05, 4.69) is 0 Å². The van der Waals surface area contributed by atoms with E-state index in [-0.39, 0.29) is 5.88 Å². The molecule has 0 amide bonds. The van der Waals surface area contributed by atoms with Gasteiger partial charge in [0.05, 0.1) is 5.92 Å². The van der Waals surface area contributed by atoms with Gasteiger partial charge in [-0.05, 0) is 11.6 Å². The molecule has 1 nitrogen and oxygen atoms in total. The predicted octanol–water partition coefficient (Wildman–Crippen LogP) is 2.80. The molecule has 1 aliphatic rings. The maximum Gasteiger partial charge on any atom is 0.228 e. The van der Waals surface area contributed by atoms with Crippen LogP contribution in [0.5, 0.6) is 0 Å². The van der Waals surface area contributed by atoms with Gasteiger partial charge >= 0.3 is 0 Å². The average molecular weight is 236 g/mol. The van der Waals surface area contributed by atoms with Gasteiger partial charge in [-0.1, -0.05) is 6.92 Å². The van der Waals surface area contributed by atoms with E-state index in [4.69, 9.17) is 46.4 Å². The molecule has 0 unspecified atom stereocenters. The minimum atomic E-state index is -1.08. The summed E-state index contributed by atoms with van der Waals surface area (Å²) in [5.74, 6) is -0.291. The predicted molar refractivity (Wildman–Crippen MR) is 47.6 cm³/mol. The molecule has 0 spiro atoms. The van der Waals surface area contributed by atoms with Crippen molar-refractivity contribution in [3.63, 3.8) is 0 Å². The smallest absolute Gasteiger partial charge is 0.228 e. The lowest BCUT2D eigenvalue weighted by Gasteiger charge is -2.03. The number of carbonyl (C=O) groups excluding carboxylic acids is 1. The van der Waals surface area contributed by atoms with Crippen LogP contribution in [-0.2, 0) is 4.79 Å². The molecule has 5 heteroatoms. The molecule has 64 valence electrons. The van der Waals surface area contributed by atoms with Crippen LogP contribution in [0.15, 0.2) is 0 Å². The Hall–Kier alpha value is 0.830. The zero-order valence-electron chi connectivity index (χ0n) is 5.70. The summed E-state index contributed by atoms with van der Waals surface area (Å²) in [4.78, 5) is 10.7. The Morgan fingerprint density at radius 1 is 1.55 bits per heavy atom. The maximum absolute atomic E-state index is 10.7. The fourth-order valence-corrected chi connectivity index (χ4v) is 3.08. The highest BCUT2D eigenvalue weighted by Crippen LogP contribution is 2.69. The molecular formula is C6H6Cl4O. The van der Waals surface area contributed by atoms with Gasteiger partial charge in [0, 0.05) is 11.3 Å². The van der Waals surface area contributed by atoms with Crippen molar-refractivity contribution in [1.82, 2.24) is 0 Å². The summed E-state index contributed by atoms with van der Waals surface area (Å²) < 4.78 is -1.08. The number of rotatable bonds is 2. The largest absolute Gasteiger partial charge is 0.281 e. The maximum atomic E-state index is 10.7. The Bertz CT molecular complexity index is 203. The van der Waals surface area contributed by atoms with Crippen LogP contribution in [0.3, 0.4) is 0 Å². The fourth-order valence-electron chi connectivity index (χ4n) is 1.14. The van der Waals surface area contributed by atoms with Crippen LogP contribution in [-0.4, -0.2) is 15.5 Å². The van der Waals surface area contributed by atoms with E-state index in [1.807, 2.05) is 0 Å². The Kier molecular flexibility index (Phi) is 2.40. The first-order valence-corrected chi connectivity index (χ1v) is 4.68. The molecule has 0 bridgehead atoms. The van der Waals surface area contributed by atoms with Crippen LogP contribution in [0.25, 0.3) is 0 Å². The van der Waals surface area contributed by atoms with Crippen molar-refractivity contribution in [2.24, 2.45) is 11.3 Å². The van der Waals surface area contributed by atoms with Crippen molar-refractivity contribution >= 4 is 51.6 Å². The molecule has 0 N–H and O–H groups in total. The number of hydrogen-bond acceptors (Lipinski definition) is 1. The monoisotopic (exact) mass is 234 g/mol. The zero-order valence-corrected chi connectivity index (χ0v) is 8.73. The first-order chi connectivity index (χ1) is 4.88. The topological polar surface area (TPSA) is 17.1 Å². The van der Waals surface area contributed by atoms with Crippen LogP contribution in [0.4, 0.5) is 0 Å². The SMILES string of the molecule is C[C@@]1(CCl)[C@@H](C(=O)Cl)C1(Cl)Cl.